The molecule has 80 valence electrons. The van der Waals surface area contributed by atoms with E-state index in [0.29, 0.717) is 23.3 Å². The Kier molecular flexibility index (Phi) is 1.65. The molecule has 1 aliphatic heterocycles. The summed E-state index contributed by atoms with van der Waals surface area (Å²) >= 11 is 0. The van der Waals surface area contributed by atoms with E-state index in [2.05, 4.69) is 0 Å². The van der Waals surface area contributed by atoms with Gasteiger partial charge in [0.05, 0.1) is 11.5 Å². The Labute approximate surface area is 85.0 Å². The molecular formula is C10H17NO2S. The summed E-state index contributed by atoms with van der Waals surface area (Å²) in [5.74, 6) is 2.30. The Hall–Kier alpha value is -0.0900. The van der Waals surface area contributed by atoms with Crippen molar-refractivity contribution in [3.05, 3.63) is 0 Å². The fourth-order valence-electron chi connectivity index (χ4n) is 3.84. The molecule has 4 heteroatoms. The third-order valence-electron chi connectivity index (χ3n) is 4.63. The first-order valence-electron chi connectivity index (χ1n) is 5.53. The lowest BCUT2D eigenvalue weighted by molar-refractivity contribution is 0.366. The van der Waals surface area contributed by atoms with Crippen LogP contribution in [0, 0.1) is 17.8 Å². The van der Waals surface area contributed by atoms with Crippen LogP contribution in [0.1, 0.15) is 25.7 Å². The van der Waals surface area contributed by atoms with Crippen LogP contribution >= 0.6 is 0 Å². The lowest BCUT2D eigenvalue weighted by atomic mass is 9.90. The fourth-order valence-corrected chi connectivity index (χ4v) is 5.72. The number of fused-ring (bicyclic) bond motifs is 1. The summed E-state index contributed by atoms with van der Waals surface area (Å²) in [6.07, 6.45) is 4.58. The van der Waals surface area contributed by atoms with Gasteiger partial charge >= 0.3 is 0 Å². The summed E-state index contributed by atoms with van der Waals surface area (Å²) in [7, 11) is -2.75. The summed E-state index contributed by atoms with van der Waals surface area (Å²) in [5.41, 5.74) is 6.28. The van der Waals surface area contributed by atoms with Crippen molar-refractivity contribution in [3.8, 4) is 0 Å². The average molecular weight is 215 g/mol. The van der Waals surface area contributed by atoms with Crippen LogP contribution in [-0.4, -0.2) is 25.5 Å². The first-order valence-corrected chi connectivity index (χ1v) is 7.35. The molecule has 0 aromatic carbocycles. The summed E-state index contributed by atoms with van der Waals surface area (Å²) in [4.78, 5) is 0. The molecule has 0 aromatic heterocycles. The fraction of sp³-hybridized carbons (Fsp3) is 1.00. The van der Waals surface area contributed by atoms with Crippen LogP contribution < -0.4 is 5.73 Å². The van der Waals surface area contributed by atoms with E-state index in [1.807, 2.05) is 0 Å². The second-order valence-corrected chi connectivity index (χ2v) is 7.47. The average Bonchev–Trinajstić information content (AvgIpc) is 2.60. The predicted octanol–water partition coefficient (Wildman–Crippen LogP) is 0.548. The largest absolute Gasteiger partial charge is 0.324 e. The third-order valence-corrected chi connectivity index (χ3v) is 6.40. The molecule has 0 aromatic rings. The highest BCUT2D eigenvalue weighted by Gasteiger charge is 2.67. The Bertz CT molecular complexity index is 352. The van der Waals surface area contributed by atoms with Gasteiger partial charge in [-0.2, -0.15) is 0 Å². The van der Waals surface area contributed by atoms with Gasteiger partial charge < -0.3 is 5.73 Å². The van der Waals surface area contributed by atoms with E-state index in [4.69, 9.17) is 5.73 Å². The smallest absolute Gasteiger partial charge is 0.150 e. The maximum absolute atomic E-state index is 11.4. The van der Waals surface area contributed by atoms with E-state index in [1.165, 1.54) is 19.3 Å². The molecule has 0 radical (unpaired) electrons. The van der Waals surface area contributed by atoms with Crippen molar-refractivity contribution < 1.29 is 8.42 Å². The minimum absolute atomic E-state index is 0.0815. The first-order chi connectivity index (χ1) is 6.54. The van der Waals surface area contributed by atoms with Gasteiger partial charge in [0.15, 0.2) is 9.84 Å². The molecule has 2 aliphatic carbocycles. The molecule has 3 rings (SSSR count). The molecule has 14 heavy (non-hydrogen) atoms. The van der Waals surface area contributed by atoms with Crippen LogP contribution in [0.2, 0.25) is 0 Å². The molecule has 0 spiro atoms. The van der Waals surface area contributed by atoms with Crippen molar-refractivity contribution >= 4 is 9.84 Å². The van der Waals surface area contributed by atoms with Gasteiger partial charge in [0.2, 0.25) is 0 Å². The quantitative estimate of drug-likeness (QED) is 0.695. The molecule has 3 atom stereocenters. The van der Waals surface area contributed by atoms with Crippen LogP contribution in [0.15, 0.2) is 0 Å². The zero-order valence-electron chi connectivity index (χ0n) is 8.28. The van der Waals surface area contributed by atoms with Gasteiger partial charge in [0.25, 0.3) is 0 Å². The molecule has 0 bridgehead atoms. The van der Waals surface area contributed by atoms with E-state index in [1.54, 1.807) is 0 Å². The summed E-state index contributed by atoms with van der Waals surface area (Å²) in [6.45, 7) is 0. The van der Waals surface area contributed by atoms with Crippen molar-refractivity contribution in [3.63, 3.8) is 0 Å². The maximum Gasteiger partial charge on any atom is 0.150 e. The number of nitrogens with two attached hydrogens (primary N) is 1. The minimum atomic E-state index is -2.75. The molecule has 2 saturated carbocycles. The maximum atomic E-state index is 11.4. The van der Waals surface area contributed by atoms with Crippen molar-refractivity contribution in [2.75, 3.05) is 11.5 Å². The third kappa shape index (κ3) is 1.04. The predicted molar refractivity (Wildman–Crippen MR) is 54.5 cm³/mol. The van der Waals surface area contributed by atoms with Gasteiger partial charge in [-0.15, -0.1) is 0 Å². The van der Waals surface area contributed by atoms with Crippen molar-refractivity contribution in [1.82, 2.24) is 0 Å². The topological polar surface area (TPSA) is 60.2 Å². The number of sulfone groups is 1. The molecule has 3 fully saturated rings. The van der Waals surface area contributed by atoms with Gasteiger partial charge in [-0.05, 0) is 37.0 Å². The first kappa shape index (κ1) is 9.16. The molecule has 3 nitrogen and oxygen atoms in total. The Balaban J connectivity index is 1.80. The van der Waals surface area contributed by atoms with E-state index in [-0.39, 0.29) is 11.5 Å². The van der Waals surface area contributed by atoms with Gasteiger partial charge in [-0.1, -0.05) is 6.42 Å². The minimum Gasteiger partial charge on any atom is -0.324 e. The molecule has 1 heterocycles. The summed E-state index contributed by atoms with van der Waals surface area (Å²) < 4.78 is 22.8. The zero-order valence-corrected chi connectivity index (χ0v) is 9.09. The van der Waals surface area contributed by atoms with Crippen LogP contribution in [-0.2, 0) is 9.84 Å². The zero-order chi connectivity index (χ0) is 9.97. The number of hydrogen-bond acceptors (Lipinski definition) is 3. The van der Waals surface area contributed by atoms with Crippen LogP contribution in [0.25, 0.3) is 0 Å². The summed E-state index contributed by atoms with van der Waals surface area (Å²) in [6, 6.07) is 0. The van der Waals surface area contributed by atoms with Crippen LogP contribution in [0.4, 0.5) is 0 Å². The standard InChI is InChI=1S/C10H17NO2S/c11-10(8-2-1-3-9(8)10)7-4-5-14(12,13)6-7/h7-9H,1-6,11H2. The molecule has 3 unspecified atom stereocenters. The molecular weight excluding hydrogens is 198 g/mol. The van der Waals surface area contributed by atoms with Gasteiger partial charge in [0, 0.05) is 5.54 Å². The van der Waals surface area contributed by atoms with Crippen LogP contribution in [0.3, 0.4) is 0 Å². The summed E-state index contributed by atoms with van der Waals surface area (Å²) in [5, 5.41) is 0. The van der Waals surface area contributed by atoms with E-state index in [0.717, 1.165) is 6.42 Å². The van der Waals surface area contributed by atoms with Gasteiger partial charge in [-0.3, -0.25) is 0 Å². The van der Waals surface area contributed by atoms with Crippen LogP contribution in [0.5, 0.6) is 0 Å². The number of hydrogen-bond donors (Lipinski definition) is 1. The molecule has 0 amide bonds. The SMILES string of the molecule is NC1(C2CCS(=O)(=O)C2)C2CCCC21. The molecule has 3 aliphatic rings. The highest BCUT2D eigenvalue weighted by Crippen LogP contribution is 2.63. The van der Waals surface area contributed by atoms with Crippen molar-refractivity contribution in [2.24, 2.45) is 23.5 Å². The van der Waals surface area contributed by atoms with Gasteiger partial charge in [-0.25, -0.2) is 8.42 Å². The highest BCUT2D eigenvalue weighted by atomic mass is 32.2. The van der Waals surface area contributed by atoms with Crippen molar-refractivity contribution in [2.45, 2.75) is 31.2 Å². The highest BCUT2D eigenvalue weighted by molar-refractivity contribution is 7.91. The monoisotopic (exact) mass is 215 g/mol. The van der Waals surface area contributed by atoms with Crippen molar-refractivity contribution in [1.29, 1.82) is 0 Å². The molecule has 1 saturated heterocycles. The lowest BCUT2D eigenvalue weighted by Crippen LogP contribution is -2.38. The molecule has 2 N–H and O–H groups in total. The number of rotatable bonds is 1. The Morgan fingerprint density at radius 1 is 1.14 bits per heavy atom. The Morgan fingerprint density at radius 3 is 2.29 bits per heavy atom. The second kappa shape index (κ2) is 2.53. The van der Waals surface area contributed by atoms with E-state index in [9.17, 15) is 8.42 Å². The lowest BCUT2D eigenvalue weighted by Gasteiger charge is -2.21. The van der Waals surface area contributed by atoms with Gasteiger partial charge in [0.1, 0.15) is 0 Å². The normalized spacial score (nSPS) is 54.5. The Morgan fingerprint density at radius 2 is 1.79 bits per heavy atom. The second-order valence-electron chi connectivity index (χ2n) is 5.24. The van der Waals surface area contributed by atoms with E-state index >= 15 is 0 Å². The van der Waals surface area contributed by atoms with E-state index < -0.39 is 9.84 Å².